The predicted octanol–water partition coefficient (Wildman–Crippen LogP) is 4.99. The molecule has 8 heteroatoms. The molecule has 4 nitrogen and oxygen atoms in total. The summed E-state index contributed by atoms with van der Waals surface area (Å²) in [6.45, 7) is 5.36. The molecule has 0 spiro atoms. The third-order valence-electron chi connectivity index (χ3n) is 4.73. The smallest absolute Gasteiger partial charge is 0.433 e. The summed E-state index contributed by atoms with van der Waals surface area (Å²) >= 11 is 0. The Morgan fingerprint density at radius 2 is 1.66 bits per heavy atom. The highest BCUT2D eigenvalue weighted by Gasteiger charge is 2.32. The number of fused-ring (bicyclic) bond motifs is 1. The van der Waals surface area contributed by atoms with E-state index in [-0.39, 0.29) is 5.82 Å². The zero-order valence-electron chi connectivity index (χ0n) is 16.3. The molecule has 0 N–H and O–H groups in total. The average Bonchev–Trinajstić information content (AvgIpc) is 2.69. The number of halogens is 4. The fourth-order valence-corrected chi connectivity index (χ4v) is 3.29. The lowest BCUT2D eigenvalue weighted by atomic mass is 10.1. The molecule has 29 heavy (non-hydrogen) atoms. The summed E-state index contributed by atoms with van der Waals surface area (Å²) < 4.78 is 60.6. The lowest BCUT2D eigenvalue weighted by Gasteiger charge is -2.27. The van der Waals surface area contributed by atoms with Gasteiger partial charge in [-0.2, -0.15) is 13.2 Å². The molecule has 0 unspecified atom stereocenters. The molecule has 0 radical (unpaired) electrons. The van der Waals surface area contributed by atoms with Crippen LogP contribution in [0.2, 0.25) is 0 Å². The zero-order chi connectivity index (χ0) is 20.9. The van der Waals surface area contributed by atoms with Crippen molar-refractivity contribution in [2.24, 2.45) is 0 Å². The van der Waals surface area contributed by atoms with Gasteiger partial charge in [-0.15, -0.1) is 0 Å². The Kier molecular flexibility index (Phi) is 6.95. The Labute approximate surface area is 167 Å². The second-order valence-electron chi connectivity index (χ2n) is 7.09. The summed E-state index contributed by atoms with van der Waals surface area (Å²) in [7, 11) is 0. The summed E-state index contributed by atoms with van der Waals surface area (Å²) in [5, 5.41) is 0. The van der Waals surface area contributed by atoms with E-state index in [4.69, 9.17) is 9.47 Å². The van der Waals surface area contributed by atoms with E-state index < -0.39 is 11.9 Å². The maximum atomic E-state index is 14.0. The maximum absolute atomic E-state index is 14.0. The topological polar surface area (TPSA) is 34.6 Å². The maximum Gasteiger partial charge on any atom is 0.433 e. The van der Waals surface area contributed by atoms with Crippen LogP contribution >= 0.6 is 0 Å². The lowest BCUT2D eigenvalue weighted by Crippen LogP contribution is -2.29. The van der Waals surface area contributed by atoms with Gasteiger partial charge in [0.05, 0.1) is 0 Å². The number of rotatable bonds is 2. The van der Waals surface area contributed by atoms with Crippen LogP contribution in [0.5, 0.6) is 11.5 Å². The fourth-order valence-electron chi connectivity index (χ4n) is 3.29. The Morgan fingerprint density at radius 1 is 1.00 bits per heavy atom. The third-order valence-corrected chi connectivity index (χ3v) is 4.73. The molecular weight excluding hydrogens is 388 g/mol. The van der Waals surface area contributed by atoms with Gasteiger partial charge in [-0.05, 0) is 51.1 Å². The van der Waals surface area contributed by atoms with E-state index >= 15 is 0 Å². The monoisotopic (exact) mass is 412 g/mol. The van der Waals surface area contributed by atoms with Gasteiger partial charge in [0, 0.05) is 23.9 Å². The Bertz CT molecular complexity index is 821. The third kappa shape index (κ3) is 6.06. The van der Waals surface area contributed by atoms with Gasteiger partial charge in [0.15, 0.2) is 11.5 Å². The van der Waals surface area contributed by atoms with Gasteiger partial charge < -0.3 is 9.47 Å². The minimum absolute atomic E-state index is 0.190. The zero-order valence-corrected chi connectivity index (χ0v) is 16.3. The minimum atomic E-state index is -4.33. The molecule has 1 saturated heterocycles. The second kappa shape index (κ2) is 9.43. The average molecular weight is 412 g/mol. The quantitative estimate of drug-likeness (QED) is 0.651. The van der Waals surface area contributed by atoms with E-state index in [2.05, 4.69) is 9.88 Å². The van der Waals surface area contributed by atoms with Gasteiger partial charge in [-0.25, -0.2) is 9.37 Å². The van der Waals surface area contributed by atoms with Crippen molar-refractivity contribution in [3.8, 4) is 11.5 Å². The van der Waals surface area contributed by atoms with Crippen LogP contribution in [-0.2, 0) is 12.7 Å². The number of piperidine rings is 1. The van der Waals surface area contributed by atoms with Crippen LogP contribution in [0.25, 0.3) is 0 Å². The van der Waals surface area contributed by atoms with E-state index in [1.807, 2.05) is 0 Å². The molecule has 1 aromatic heterocycles. The van der Waals surface area contributed by atoms with Gasteiger partial charge in [-0.1, -0.05) is 12.5 Å². The van der Waals surface area contributed by atoms with Crippen LogP contribution in [0.4, 0.5) is 17.6 Å². The van der Waals surface area contributed by atoms with Crippen molar-refractivity contribution in [2.45, 2.75) is 38.9 Å². The first-order valence-corrected chi connectivity index (χ1v) is 9.64. The Hall–Kier alpha value is -2.35. The molecule has 2 aliphatic heterocycles. The number of aromatic nitrogens is 1. The Morgan fingerprint density at radius 3 is 2.24 bits per heavy atom. The molecule has 2 aliphatic rings. The first-order chi connectivity index (χ1) is 13.8. The molecule has 1 fully saturated rings. The van der Waals surface area contributed by atoms with Crippen molar-refractivity contribution in [2.75, 3.05) is 26.3 Å². The van der Waals surface area contributed by atoms with Gasteiger partial charge in [-0.3, -0.25) is 4.90 Å². The molecule has 0 bridgehead atoms. The van der Waals surface area contributed by atoms with E-state index in [1.165, 1.54) is 44.4 Å². The first-order valence-electron chi connectivity index (χ1n) is 9.64. The Balaban J connectivity index is 0.000000188. The number of ether oxygens (including phenoxy) is 2. The van der Waals surface area contributed by atoms with Crippen LogP contribution in [0.3, 0.4) is 0 Å². The summed E-state index contributed by atoms with van der Waals surface area (Å²) in [5.74, 6) is 1.01. The van der Waals surface area contributed by atoms with Crippen LogP contribution < -0.4 is 9.47 Å². The number of alkyl halides is 3. The first kappa shape index (κ1) is 21.4. The van der Waals surface area contributed by atoms with E-state index in [1.54, 1.807) is 6.07 Å². The normalized spacial score (nSPS) is 16.7. The fraction of sp³-hybridized carbons (Fsp3) is 0.476. The van der Waals surface area contributed by atoms with Crippen molar-refractivity contribution >= 4 is 0 Å². The van der Waals surface area contributed by atoms with Crippen molar-refractivity contribution in [1.82, 2.24) is 9.88 Å². The summed E-state index contributed by atoms with van der Waals surface area (Å²) in [4.78, 5) is 5.62. The van der Waals surface area contributed by atoms with Crippen LogP contribution in [0.15, 0.2) is 30.3 Å². The van der Waals surface area contributed by atoms with Gasteiger partial charge in [0.1, 0.15) is 24.7 Å². The molecule has 3 heterocycles. The molecule has 2 aromatic rings. The predicted molar refractivity (Wildman–Crippen MR) is 100 cm³/mol. The van der Waals surface area contributed by atoms with E-state index in [0.717, 1.165) is 19.2 Å². The molecule has 0 atom stereocenters. The highest BCUT2D eigenvalue weighted by Crippen LogP contribution is 2.33. The summed E-state index contributed by atoms with van der Waals surface area (Å²) in [6.07, 6.45) is -0.607. The van der Waals surface area contributed by atoms with Crippen LogP contribution in [-0.4, -0.2) is 36.2 Å². The lowest BCUT2D eigenvalue weighted by molar-refractivity contribution is -0.141. The van der Waals surface area contributed by atoms with Crippen molar-refractivity contribution in [3.63, 3.8) is 0 Å². The number of nitrogens with zero attached hydrogens (tertiary/aromatic N) is 2. The molecule has 1 aromatic carbocycles. The van der Waals surface area contributed by atoms with Crippen molar-refractivity contribution < 1.29 is 27.0 Å². The standard InChI is InChI=1S/C14H18FNO2.C7H6F3N/c15-12-9-14-13(17-6-7-18-14)8-11(12)10-16-4-2-1-3-5-16;1-5-3-2-4-6(11-5)7(8,9)10/h8-9H,1-7,10H2;2-4H,1H3. The highest BCUT2D eigenvalue weighted by atomic mass is 19.4. The van der Waals surface area contributed by atoms with E-state index in [0.29, 0.717) is 42.5 Å². The second-order valence-corrected chi connectivity index (χ2v) is 7.09. The highest BCUT2D eigenvalue weighted by molar-refractivity contribution is 5.44. The molecular formula is C21H24F4N2O2. The van der Waals surface area contributed by atoms with Crippen LogP contribution in [0.1, 0.15) is 36.2 Å². The number of pyridine rings is 1. The van der Waals surface area contributed by atoms with Crippen LogP contribution in [0, 0.1) is 12.7 Å². The van der Waals surface area contributed by atoms with Gasteiger partial charge in [0.2, 0.25) is 0 Å². The molecule has 4 rings (SSSR count). The number of benzene rings is 1. The van der Waals surface area contributed by atoms with Crippen molar-refractivity contribution in [3.05, 3.63) is 53.1 Å². The molecule has 0 saturated carbocycles. The van der Waals surface area contributed by atoms with Crippen molar-refractivity contribution in [1.29, 1.82) is 0 Å². The van der Waals surface area contributed by atoms with Gasteiger partial charge in [0.25, 0.3) is 0 Å². The van der Waals surface area contributed by atoms with Gasteiger partial charge >= 0.3 is 6.18 Å². The largest absolute Gasteiger partial charge is 0.486 e. The summed E-state index contributed by atoms with van der Waals surface area (Å²) in [5.41, 5.74) is 0.249. The number of likely N-dealkylation sites (tertiary alicyclic amines) is 1. The number of hydrogen-bond acceptors (Lipinski definition) is 4. The SMILES string of the molecule is Cc1cccc(C(F)(F)F)n1.Fc1cc2c(cc1CN1CCCCC1)OCCO2. The molecule has 158 valence electrons. The molecule has 0 aliphatic carbocycles. The van der Waals surface area contributed by atoms with E-state index in [9.17, 15) is 17.6 Å². The minimum Gasteiger partial charge on any atom is -0.486 e. The molecule has 0 amide bonds. The number of hydrogen-bond donors (Lipinski definition) is 0. The summed E-state index contributed by atoms with van der Waals surface area (Å²) in [6, 6.07) is 7.06. The number of aryl methyl sites for hydroxylation is 1.